The standard InChI is InChI=1S/C12H12ClN3OS/c1-14-11-10(17-2)12(16-7-15-11)18-9-6-4-3-5-8(9)13/h3-7H,1-2H3,(H,14,15,16). The molecule has 0 spiro atoms. The Balaban J connectivity index is 2.37. The van der Waals surface area contributed by atoms with Crippen LogP contribution in [0, 0.1) is 0 Å². The first-order chi connectivity index (χ1) is 8.76. The Morgan fingerprint density at radius 1 is 1.28 bits per heavy atom. The van der Waals surface area contributed by atoms with Crippen molar-refractivity contribution < 1.29 is 4.74 Å². The second-order valence-electron chi connectivity index (χ2n) is 3.34. The molecule has 2 rings (SSSR count). The molecule has 1 aromatic heterocycles. The molecule has 4 nitrogen and oxygen atoms in total. The average molecular weight is 282 g/mol. The van der Waals surface area contributed by atoms with Crippen molar-refractivity contribution in [1.82, 2.24) is 9.97 Å². The number of aromatic nitrogens is 2. The summed E-state index contributed by atoms with van der Waals surface area (Å²) in [6, 6.07) is 7.60. The molecule has 0 fully saturated rings. The third kappa shape index (κ3) is 2.68. The zero-order valence-electron chi connectivity index (χ0n) is 9.98. The Morgan fingerprint density at radius 2 is 2.06 bits per heavy atom. The van der Waals surface area contributed by atoms with Crippen LogP contribution in [0.15, 0.2) is 40.5 Å². The van der Waals surface area contributed by atoms with E-state index in [9.17, 15) is 0 Å². The number of anilines is 1. The van der Waals surface area contributed by atoms with Gasteiger partial charge in [-0.2, -0.15) is 0 Å². The maximum atomic E-state index is 6.12. The Kier molecular flexibility index (Phi) is 4.28. The SMILES string of the molecule is CNc1ncnc(Sc2ccccc2Cl)c1OC. The largest absolute Gasteiger partial charge is 0.490 e. The number of ether oxygens (including phenoxy) is 1. The fourth-order valence-corrected chi connectivity index (χ4v) is 2.57. The minimum absolute atomic E-state index is 0.616. The van der Waals surface area contributed by atoms with Crippen LogP contribution in [0.5, 0.6) is 5.75 Å². The third-order valence-corrected chi connectivity index (χ3v) is 3.76. The van der Waals surface area contributed by atoms with E-state index in [1.165, 1.54) is 18.1 Å². The number of halogens is 1. The summed E-state index contributed by atoms with van der Waals surface area (Å²) in [6.45, 7) is 0. The lowest BCUT2D eigenvalue weighted by molar-refractivity contribution is 0.400. The maximum absolute atomic E-state index is 6.12. The Hall–Kier alpha value is -1.46. The van der Waals surface area contributed by atoms with Crippen molar-refractivity contribution in [2.75, 3.05) is 19.5 Å². The van der Waals surface area contributed by atoms with Crippen LogP contribution in [0.25, 0.3) is 0 Å². The van der Waals surface area contributed by atoms with Crippen LogP contribution in [0.4, 0.5) is 5.82 Å². The first kappa shape index (κ1) is 13.0. The molecule has 0 saturated carbocycles. The lowest BCUT2D eigenvalue weighted by Crippen LogP contribution is -1.99. The van der Waals surface area contributed by atoms with Crippen LogP contribution in [0.2, 0.25) is 5.02 Å². The lowest BCUT2D eigenvalue weighted by Gasteiger charge is -2.11. The summed E-state index contributed by atoms with van der Waals surface area (Å²) in [5.74, 6) is 1.27. The van der Waals surface area contributed by atoms with Crippen molar-refractivity contribution in [1.29, 1.82) is 0 Å². The van der Waals surface area contributed by atoms with E-state index < -0.39 is 0 Å². The molecule has 1 aromatic carbocycles. The number of rotatable bonds is 4. The molecule has 1 N–H and O–H groups in total. The number of hydrogen-bond donors (Lipinski definition) is 1. The maximum Gasteiger partial charge on any atom is 0.194 e. The predicted molar refractivity (Wildman–Crippen MR) is 73.7 cm³/mol. The molecule has 0 radical (unpaired) electrons. The molecule has 0 amide bonds. The third-order valence-electron chi connectivity index (χ3n) is 2.26. The van der Waals surface area contributed by atoms with Gasteiger partial charge in [0.25, 0.3) is 0 Å². The first-order valence-corrected chi connectivity index (χ1v) is 6.45. The van der Waals surface area contributed by atoms with Gasteiger partial charge in [-0.1, -0.05) is 35.5 Å². The highest BCUT2D eigenvalue weighted by Gasteiger charge is 2.13. The summed E-state index contributed by atoms with van der Waals surface area (Å²) in [7, 11) is 3.38. The van der Waals surface area contributed by atoms with E-state index in [0.717, 1.165) is 9.92 Å². The zero-order valence-corrected chi connectivity index (χ0v) is 11.5. The van der Waals surface area contributed by atoms with E-state index in [1.54, 1.807) is 14.2 Å². The summed E-state index contributed by atoms with van der Waals surface area (Å²) >= 11 is 7.57. The Bertz CT molecular complexity index is 551. The fourth-order valence-electron chi connectivity index (χ4n) is 1.42. The molecule has 0 saturated heterocycles. The molecule has 0 aliphatic heterocycles. The summed E-state index contributed by atoms with van der Waals surface area (Å²) < 4.78 is 5.33. The molecule has 18 heavy (non-hydrogen) atoms. The van der Waals surface area contributed by atoms with Gasteiger partial charge in [0, 0.05) is 11.9 Å². The molecule has 6 heteroatoms. The van der Waals surface area contributed by atoms with Gasteiger partial charge in [0.15, 0.2) is 11.6 Å². The van der Waals surface area contributed by atoms with E-state index in [1.807, 2.05) is 24.3 Å². The molecule has 0 atom stereocenters. The predicted octanol–water partition coefficient (Wildman–Crippen LogP) is 3.33. The number of methoxy groups -OCH3 is 1. The smallest absolute Gasteiger partial charge is 0.194 e. The van der Waals surface area contributed by atoms with Gasteiger partial charge in [-0.3, -0.25) is 0 Å². The molecule has 0 unspecified atom stereocenters. The van der Waals surface area contributed by atoms with Crippen molar-refractivity contribution in [2.45, 2.75) is 9.92 Å². The normalized spacial score (nSPS) is 10.2. The van der Waals surface area contributed by atoms with Crippen molar-refractivity contribution in [3.8, 4) is 5.75 Å². The molecule has 0 aliphatic carbocycles. The van der Waals surface area contributed by atoms with E-state index in [4.69, 9.17) is 16.3 Å². The Labute approximate surface area is 115 Å². The second-order valence-corrected chi connectivity index (χ2v) is 4.78. The van der Waals surface area contributed by atoms with Crippen LogP contribution in [-0.2, 0) is 0 Å². The number of hydrogen-bond acceptors (Lipinski definition) is 5. The van der Waals surface area contributed by atoms with Gasteiger partial charge < -0.3 is 10.1 Å². The Morgan fingerprint density at radius 3 is 2.72 bits per heavy atom. The lowest BCUT2D eigenvalue weighted by atomic mass is 10.4. The minimum Gasteiger partial charge on any atom is -0.490 e. The number of nitrogens with zero attached hydrogens (tertiary/aromatic N) is 2. The van der Waals surface area contributed by atoms with Gasteiger partial charge in [-0.05, 0) is 12.1 Å². The van der Waals surface area contributed by atoms with Crippen LogP contribution in [0.3, 0.4) is 0 Å². The van der Waals surface area contributed by atoms with Crippen LogP contribution < -0.4 is 10.1 Å². The quantitative estimate of drug-likeness (QED) is 0.871. The van der Waals surface area contributed by atoms with Crippen molar-refractivity contribution in [3.63, 3.8) is 0 Å². The summed E-state index contributed by atoms with van der Waals surface area (Å²) in [4.78, 5) is 9.25. The molecule has 1 heterocycles. The summed E-state index contributed by atoms with van der Waals surface area (Å²) in [5.41, 5.74) is 0. The topological polar surface area (TPSA) is 47.0 Å². The highest BCUT2D eigenvalue weighted by molar-refractivity contribution is 7.99. The van der Waals surface area contributed by atoms with Crippen molar-refractivity contribution in [2.24, 2.45) is 0 Å². The van der Waals surface area contributed by atoms with Gasteiger partial charge in [0.1, 0.15) is 11.4 Å². The number of nitrogens with one attached hydrogen (secondary N) is 1. The average Bonchev–Trinajstić information content (AvgIpc) is 2.41. The van der Waals surface area contributed by atoms with Crippen LogP contribution in [0.1, 0.15) is 0 Å². The molecule has 2 aromatic rings. The van der Waals surface area contributed by atoms with Crippen LogP contribution in [-0.4, -0.2) is 24.1 Å². The second kappa shape index (κ2) is 5.93. The van der Waals surface area contributed by atoms with E-state index in [-0.39, 0.29) is 0 Å². The van der Waals surface area contributed by atoms with E-state index in [0.29, 0.717) is 16.6 Å². The molecular weight excluding hydrogens is 270 g/mol. The number of benzene rings is 1. The van der Waals surface area contributed by atoms with E-state index >= 15 is 0 Å². The van der Waals surface area contributed by atoms with Crippen molar-refractivity contribution in [3.05, 3.63) is 35.6 Å². The van der Waals surface area contributed by atoms with Gasteiger partial charge >= 0.3 is 0 Å². The van der Waals surface area contributed by atoms with Gasteiger partial charge in [-0.15, -0.1) is 0 Å². The van der Waals surface area contributed by atoms with E-state index in [2.05, 4.69) is 15.3 Å². The molecule has 0 aliphatic rings. The fraction of sp³-hybridized carbons (Fsp3) is 0.167. The van der Waals surface area contributed by atoms with Gasteiger partial charge in [0.2, 0.25) is 0 Å². The van der Waals surface area contributed by atoms with Crippen LogP contribution >= 0.6 is 23.4 Å². The summed E-state index contributed by atoms with van der Waals surface area (Å²) in [5, 5.41) is 4.38. The van der Waals surface area contributed by atoms with Crippen molar-refractivity contribution >= 4 is 29.2 Å². The van der Waals surface area contributed by atoms with Gasteiger partial charge in [0.05, 0.1) is 12.1 Å². The minimum atomic E-state index is 0.616. The molecule has 0 bridgehead atoms. The molecule has 94 valence electrons. The summed E-state index contributed by atoms with van der Waals surface area (Å²) in [6.07, 6.45) is 1.49. The highest BCUT2D eigenvalue weighted by atomic mass is 35.5. The monoisotopic (exact) mass is 281 g/mol. The first-order valence-electron chi connectivity index (χ1n) is 5.25. The van der Waals surface area contributed by atoms with Gasteiger partial charge in [-0.25, -0.2) is 9.97 Å². The highest BCUT2D eigenvalue weighted by Crippen LogP contribution is 2.38. The zero-order chi connectivity index (χ0) is 13.0. The molecular formula is C12H12ClN3OS.